The molecule has 0 saturated carbocycles. The lowest BCUT2D eigenvalue weighted by molar-refractivity contribution is 0.180. The highest BCUT2D eigenvalue weighted by atomic mass is 19.1. The summed E-state index contributed by atoms with van der Waals surface area (Å²) >= 11 is 0. The molecule has 0 radical (unpaired) electrons. The van der Waals surface area contributed by atoms with Crippen LogP contribution < -0.4 is 15.2 Å². The minimum Gasteiger partial charge on any atom is -0.493 e. The molecule has 0 aliphatic heterocycles. The fourth-order valence-electron chi connectivity index (χ4n) is 1.33. The zero-order valence-corrected chi connectivity index (χ0v) is 8.66. The van der Waals surface area contributed by atoms with Crippen LogP contribution in [-0.4, -0.2) is 25.9 Å². The first-order valence-electron chi connectivity index (χ1n) is 4.43. The summed E-state index contributed by atoms with van der Waals surface area (Å²) in [5, 5.41) is 9.56. The van der Waals surface area contributed by atoms with Crippen molar-refractivity contribution in [2.45, 2.75) is 6.10 Å². The van der Waals surface area contributed by atoms with Crippen molar-refractivity contribution in [2.24, 2.45) is 5.73 Å². The van der Waals surface area contributed by atoms with E-state index in [1.165, 1.54) is 26.4 Å². The largest absolute Gasteiger partial charge is 0.493 e. The summed E-state index contributed by atoms with van der Waals surface area (Å²) in [5.74, 6) is 0.0343. The molecule has 1 atom stereocenters. The second-order valence-corrected chi connectivity index (χ2v) is 2.98. The maximum Gasteiger partial charge on any atom is 0.166 e. The van der Waals surface area contributed by atoms with E-state index in [9.17, 15) is 9.50 Å². The van der Waals surface area contributed by atoms with E-state index in [0.717, 1.165) is 0 Å². The van der Waals surface area contributed by atoms with Crippen molar-refractivity contribution in [3.05, 3.63) is 23.5 Å². The molecule has 1 unspecified atom stereocenters. The summed E-state index contributed by atoms with van der Waals surface area (Å²) in [6, 6.07) is 2.37. The van der Waals surface area contributed by atoms with Gasteiger partial charge in [-0.2, -0.15) is 0 Å². The summed E-state index contributed by atoms with van der Waals surface area (Å²) in [6.45, 7) is -0.0109. The van der Waals surface area contributed by atoms with Gasteiger partial charge in [0.15, 0.2) is 11.5 Å². The minimum absolute atomic E-state index is 0.0109. The van der Waals surface area contributed by atoms with E-state index in [0.29, 0.717) is 5.75 Å². The third kappa shape index (κ3) is 2.37. The maximum atomic E-state index is 13.1. The SMILES string of the molecule is COc1cc(F)cc(C(O)CN)c1OC. The molecular weight excluding hydrogens is 201 g/mol. The molecule has 5 heteroatoms. The Labute approximate surface area is 87.4 Å². The number of hydrogen-bond acceptors (Lipinski definition) is 4. The lowest BCUT2D eigenvalue weighted by Gasteiger charge is -2.16. The molecule has 0 heterocycles. The Bertz CT molecular complexity index is 344. The molecule has 1 aromatic rings. The van der Waals surface area contributed by atoms with Crippen LogP contribution in [0.5, 0.6) is 11.5 Å². The van der Waals surface area contributed by atoms with Crippen LogP contribution in [0.4, 0.5) is 4.39 Å². The van der Waals surface area contributed by atoms with Crippen LogP contribution in [0.25, 0.3) is 0 Å². The maximum absolute atomic E-state index is 13.1. The minimum atomic E-state index is -0.968. The van der Waals surface area contributed by atoms with Gasteiger partial charge in [0, 0.05) is 18.2 Å². The zero-order chi connectivity index (χ0) is 11.4. The van der Waals surface area contributed by atoms with E-state index in [2.05, 4.69) is 0 Å². The number of benzene rings is 1. The average Bonchev–Trinajstić information content (AvgIpc) is 2.26. The quantitative estimate of drug-likeness (QED) is 0.781. The zero-order valence-electron chi connectivity index (χ0n) is 8.66. The fourth-order valence-corrected chi connectivity index (χ4v) is 1.33. The standard InChI is InChI=1S/C10H14FNO3/c1-14-9-4-6(11)3-7(8(13)5-12)10(9)15-2/h3-4,8,13H,5,12H2,1-2H3. The highest BCUT2D eigenvalue weighted by molar-refractivity contribution is 5.48. The van der Waals surface area contributed by atoms with Gasteiger partial charge in [-0.25, -0.2) is 4.39 Å². The molecule has 0 aliphatic rings. The van der Waals surface area contributed by atoms with Gasteiger partial charge in [0.25, 0.3) is 0 Å². The van der Waals surface area contributed by atoms with Gasteiger partial charge in [-0.15, -0.1) is 0 Å². The van der Waals surface area contributed by atoms with E-state index < -0.39 is 11.9 Å². The number of methoxy groups -OCH3 is 2. The van der Waals surface area contributed by atoms with Crippen LogP contribution in [0.2, 0.25) is 0 Å². The fraction of sp³-hybridized carbons (Fsp3) is 0.400. The van der Waals surface area contributed by atoms with E-state index in [1.807, 2.05) is 0 Å². The molecule has 15 heavy (non-hydrogen) atoms. The van der Waals surface area contributed by atoms with Gasteiger partial charge in [-0.05, 0) is 6.07 Å². The van der Waals surface area contributed by atoms with Crippen molar-refractivity contribution in [1.29, 1.82) is 0 Å². The predicted octanol–water partition coefficient (Wildman–Crippen LogP) is 0.835. The molecule has 84 valence electrons. The van der Waals surface area contributed by atoms with Crippen molar-refractivity contribution in [3.8, 4) is 11.5 Å². The van der Waals surface area contributed by atoms with Gasteiger partial charge >= 0.3 is 0 Å². The molecule has 1 rings (SSSR count). The molecule has 0 bridgehead atoms. The van der Waals surface area contributed by atoms with Crippen molar-refractivity contribution in [1.82, 2.24) is 0 Å². The molecule has 1 aromatic carbocycles. The molecule has 0 spiro atoms. The number of nitrogens with two attached hydrogens (primary N) is 1. The molecule has 0 saturated heterocycles. The molecule has 4 nitrogen and oxygen atoms in total. The van der Waals surface area contributed by atoms with Gasteiger partial charge in [-0.3, -0.25) is 0 Å². The van der Waals surface area contributed by atoms with Crippen LogP contribution in [0.1, 0.15) is 11.7 Å². The molecular formula is C10H14FNO3. The van der Waals surface area contributed by atoms with Crippen LogP contribution in [0.3, 0.4) is 0 Å². The molecule has 0 aliphatic carbocycles. The third-order valence-electron chi connectivity index (χ3n) is 2.05. The van der Waals surface area contributed by atoms with Crippen molar-refractivity contribution in [2.75, 3.05) is 20.8 Å². The number of hydrogen-bond donors (Lipinski definition) is 2. The smallest absolute Gasteiger partial charge is 0.166 e. The molecule has 3 N–H and O–H groups in total. The first-order chi connectivity index (χ1) is 7.13. The first kappa shape index (κ1) is 11.7. The van der Waals surface area contributed by atoms with E-state index in [1.54, 1.807) is 0 Å². The van der Waals surface area contributed by atoms with Gasteiger partial charge in [0.1, 0.15) is 5.82 Å². The summed E-state index contributed by atoms with van der Waals surface area (Å²) in [5.41, 5.74) is 5.59. The van der Waals surface area contributed by atoms with Crippen LogP contribution in [0.15, 0.2) is 12.1 Å². The van der Waals surface area contributed by atoms with Gasteiger partial charge in [0.2, 0.25) is 0 Å². The normalized spacial score (nSPS) is 12.3. The summed E-state index contributed by atoms with van der Waals surface area (Å²) in [6.07, 6.45) is -0.968. The number of rotatable bonds is 4. The van der Waals surface area contributed by atoms with Crippen molar-refractivity contribution in [3.63, 3.8) is 0 Å². The molecule has 0 aromatic heterocycles. The topological polar surface area (TPSA) is 64.7 Å². The molecule has 0 fully saturated rings. The molecule has 0 amide bonds. The van der Waals surface area contributed by atoms with E-state index in [-0.39, 0.29) is 17.9 Å². The Morgan fingerprint density at radius 1 is 1.40 bits per heavy atom. The lowest BCUT2D eigenvalue weighted by Crippen LogP contribution is -2.13. The van der Waals surface area contributed by atoms with Crippen LogP contribution in [0, 0.1) is 5.82 Å². The number of ether oxygens (including phenoxy) is 2. The van der Waals surface area contributed by atoms with Crippen LogP contribution >= 0.6 is 0 Å². The van der Waals surface area contributed by atoms with Crippen molar-refractivity contribution < 1.29 is 19.0 Å². The highest BCUT2D eigenvalue weighted by Crippen LogP contribution is 2.35. The monoisotopic (exact) mass is 215 g/mol. The van der Waals surface area contributed by atoms with Crippen molar-refractivity contribution >= 4 is 0 Å². The Hall–Kier alpha value is -1.33. The van der Waals surface area contributed by atoms with Gasteiger partial charge in [-0.1, -0.05) is 0 Å². The van der Waals surface area contributed by atoms with E-state index in [4.69, 9.17) is 15.2 Å². The first-order valence-corrected chi connectivity index (χ1v) is 4.43. The van der Waals surface area contributed by atoms with E-state index >= 15 is 0 Å². The lowest BCUT2D eigenvalue weighted by atomic mass is 10.1. The van der Waals surface area contributed by atoms with Crippen LogP contribution in [-0.2, 0) is 0 Å². The Morgan fingerprint density at radius 3 is 2.53 bits per heavy atom. The average molecular weight is 215 g/mol. The Morgan fingerprint density at radius 2 is 2.07 bits per heavy atom. The second-order valence-electron chi connectivity index (χ2n) is 2.98. The summed E-state index contributed by atoms with van der Waals surface area (Å²) in [7, 11) is 2.82. The highest BCUT2D eigenvalue weighted by Gasteiger charge is 2.17. The van der Waals surface area contributed by atoms with Gasteiger partial charge < -0.3 is 20.3 Å². The number of halogens is 1. The Kier molecular flexibility index (Phi) is 3.88. The second kappa shape index (κ2) is 4.95. The predicted molar refractivity (Wildman–Crippen MR) is 53.5 cm³/mol. The third-order valence-corrected chi connectivity index (χ3v) is 2.05. The van der Waals surface area contributed by atoms with Gasteiger partial charge in [0.05, 0.1) is 20.3 Å². The number of aliphatic hydroxyl groups excluding tert-OH is 1. The summed E-state index contributed by atoms with van der Waals surface area (Å²) in [4.78, 5) is 0. The summed E-state index contributed by atoms with van der Waals surface area (Å²) < 4.78 is 23.1. The Balaban J connectivity index is 3.28. The number of aliphatic hydroxyl groups is 1.